The van der Waals surface area contributed by atoms with Gasteiger partial charge in [0, 0.05) is 37.5 Å². The number of carbonyl (C=O) groups excluding carboxylic acids is 2. The third kappa shape index (κ3) is 4.55. The lowest BCUT2D eigenvalue weighted by Crippen LogP contribution is -2.35. The van der Waals surface area contributed by atoms with Crippen molar-refractivity contribution in [1.82, 2.24) is 15.2 Å². The number of benzene rings is 1. The molecule has 2 heterocycles. The number of hydrogen-bond donors (Lipinski definition) is 2. The largest absolute Gasteiger partial charge is 0.491 e. The lowest BCUT2D eigenvalue weighted by molar-refractivity contribution is 0.0724. The fourth-order valence-corrected chi connectivity index (χ4v) is 3.07. The zero-order valence-electron chi connectivity index (χ0n) is 15.3. The van der Waals surface area contributed by atoms with Gasteiger partial charge < -0.3 is 19.9 Å². The number of H-pyrrole nitrogens is 1. The molecule has 142 valence electrons. The summed E-state index contributed by atoms with van der Waals surface area (Å²) in [6, 6.07) is 8.43. The van der Waals surface area contributed by atoms with Crippen LogP contribution >= 0.6 is 0 Å². The second-order valence-electron chi connectivity index (χ2n) is 6.51. The fraction of sp³-hybridized carbons (Fsp3) is 0.350. The maximum absolute atomic E-state index is 12.5. The van der Waals surface area contributed by atoms with Crippen LogP contribution in [0.3, 0.4) is 0 Å². The van der Waals surface area contributed by atoms with Crippen molar-refractivity contribution in [3.8, 4) is 5.75 Å². The van der Waals surface area contributed by atoms with E-state index >= 15 is 0 Å². The average Bonchev–Trinajstić information content (AvgIpc) is 2.72. The average molecular weight is 369 g/mol. The number of nitrogens with zero attached hydrogens (tertiary/aromatic N) is 1. The minimum Gasteiger partial charge on any atom is -0.491 e. The highest BCUT2D eigenvalue weighted by atomic mass is 16.5. The minimum atomic E-state index is -0.386. The first-order chi connectivity index (χ1) is 13.1. The Morgan fingerprint density at radius 2 is 1.85 bits per heavy atom. The van der Waals surface area contributed by atoms with Crippen molar-refractivity contribution in [2.45, 2.75) is 25.8 Å². The normalized spacial score (nSPS) is 13.9. The molecule has 0 bridgehead atoms. The van der Waals surface area contributed by atoms with E-state index in [1.165, 1.54) is 25.8 Å². The SMILES string of the molecule is COc1c[nH]c(C(=O)NCc2ccc(C(=O)N3CCCCC3)cc2)cc1=O. The highest BCUT2D eigenvalue weighted by Gasteiger charge is 2.18. The molecular formula is C20H23N3O4. The summed E-state index contributed by atoms with van der Waals surface area (Å²) >= 11 is 0. The predicted molar refractivity (Wildman–Crippen MR) is 101 cm³/mol. The number of methoxy groups -OCH3 is 1. The Morgan fingerprint density at radius 3 is 2.48 bits per heavy atom. The number of likely N-dealkylation sites (tertiary alicyclic amines) is 1. The molecule has 7 heteroatoms. The highest BCUT2D eigenvalue weighted by molar-refractivity contribution is 5.94. The Kier molecular flexibility index (Phi) is 5.90. The lowest BCUT2D eigenvalue weighted by Gasteiger charge is -2.26. The van der Waals surface area contributed by atoms with E-state index in [0.717, 1.165) is 31.5 Å². The van der Waals surface area contributed by atoms with E-state index in [4.69, 9.17) is 4.74 Å². The summed E-state index contributed by atoms with van der Waals surface area (Å²) in [5.74, 6) is -0.176. The van der Waals surface area contributed by atoms with E-state index in [9.17, 15) is 14.4 Å². The zero-order valence-corrected chi connectivity index (χ0v) is 15.3. The second-order valence-corrected chi connectivity index (χ2v) is 6.51. The summed E-state index contributed by atoms with van der Waals surface area (Å²) < 4.78 is 4.88. The van der Waals surface area contributed by atoms with Crippen LogP contribution in [0.2, 0.25) is 0 Å². The molecule has 1 aliphatic heterocycles. The number of hydrogen-bond acceptors (Lipinski definition) is 4. The Bertz CT molecular complexity index is 868. The van der Waals surface area contributed by atoms with Gasteiger partial charge in [-0.05, 0) is 37.0 Å². The van der Waals surface area contributed by atoms with Gasteiger partial charge in [0.25, 0.3) is 11.8 Å². The highest BCUT2D eigenvalue weighted by Crippen LogP contribution is 2.14. The third-order valence-corrected chi connectivity index (χ3v) is 4.64. The second kappa shape index (κ2) is 8.53. The van der Waals surface area contributed by atoms with Gasteiger partial charge in [-0.1, -0.05) is 12.1 Å². The molecule has 7 nitrogen and oxygen atoms in total. The van der Waals surface area contributed by atoms with Gasteiger partial charge in [-0.3, -0.25) is 14.4 Å². The van der Waals surface area contributed by atoms with Crippen molar-refractivity contribution in [2.24, 2.45) is 0 Å². The van der Waals surface area contributed by atoms with Gasteiger partial charge in [0.05, 0.1) is 7.11 Å². The number of pyridine rings is 1. The molecule has 1 aliphatic rings. The summed E-state index contributed by atoms with van der Waals surface area (Å²) in [5, 5.41) is 2.75. The molecule has 1 fully saturated rings. The number of piperidine rings is 1. The number of carbonyl (C=O) groups is 2. The monoisotopic (exact) mass is 369 g/mol. The fourth-order valence-electron chi connectivity index (χ4n) is 3.07. The van der Waals surface area contributed by atoms with Crippen LogP contribution in [0.15, 0.2) is 41.3 Å². The molecule has 3 rings (SSSR count). The maximum atomic E-state index is 12.5. The van der Waals surface area contributed by atoms with Crippen molar-refractivity contribution in [1.29, 1.82) is 0 Å². The summed E-state index contributed by atoms with van der Waals surface area (Å²) in [6.07, 6.45) is 4.66. The van der Waals surface area contributed by atoms with E-state index in [-0.39, 0.29) is 28.7 Å². The van der Waals surface area contributed by atoms with Crippen LogP contribution in [-0.2, 0) is 6.54 Å². The van der Waals surface area contributed by atoms with Crippen molar-refractivity contribution < 1.29 is 14.3 Å². The van der Waals surface area contributed by atoms with Crippen molar-refractivity contribution >= 4 is 11.8 Å². The Morgan fingerprint density at radius 1 is 1.15 bits per heavy atom. The van der Waals surface area contributed by atoms with Crippen LogP contribution in [0, 0.1) is 0 Å². The first-order valence-electron chi connectivity index (χ1n) is 9.01. The number of rotatable bonds is 5. The minimum absolute atomic E-state index is 0.0566. The molecule has 27 heavy (non-hydrogen) atoms. The molecule has 0 aliphatic carbocycles. The van der Waals surface area contributed by atoms with Gasteiger partial charge in [0.15, 0.2) is 5.75 Å². The molecule has 0 atom stereocenters. The summed E-state index contributed by atoms with van der Waals surface area (Å²) in [6.45, 7) is 1.93. The summed E-state index contributed by atoms with van der Waals surface area (Å²) in [7, 11) is 1.39. The number of ether oxygens (including phenoxy) is 1. The first kappa shape index (κ1) is 18.7. The van der Waals surface area contributed by atoms with Crippen molar-refractivity contribution in [2.75, 3.05) is 20.2 Å². The summed E-state index contributed by atoms with van der Waals surface area (Å²) in [5.41, 5.74) is 1.33. The van der Waals surface area contributed by atoms with E-state index in [2.05, 4.69) is 10.3 Å². The van der Waals surface area contributed by atoms with Crippen molar-refractivity contribution in [3.05, 3.63) is 63.6 Å². The number of aromatic nitrogens is 1. The molecule has 1 saturated heterocycles. The van der Waals surface area contributed by atoms with Gasteiger partial charge >= 0.3 is 0 Å². The topological polar surface area (TPSA) is 91.5 Å². The molecule has 2 amide bonds. The zero-order chi connectivity index (χ0) is 19.2. The quantitative estimate of drug-likeness (QED) is 0.843. The maximum Gasteiger partial charge on any atom is 0.268 e. The molecule has 2 aromatic rings. The van der Waals surface area contributed by atoms with Crippen LogP contribution in [0.25, 0.3) is 0 Å². The molecule has 1 aromatic heterocycles. The Balaban J connectivity index is 1.58. The molecule has 1 aromatic carbocycles. The van der Waals surface area contributed by atoms with Crippen molar-refractivity contribution in [3.63, 3.8) is 0 Å². The number of aromatic amines is 1. The van der Waals surface area contributed by atoms with Crippen LogP contribution in [0.1, 0.15) is 45.7 Å². The van der Waals surface area contributed by atoms with Crippen LogP contribution in [-0.4, -0.2) is 41.9 Å². The van der Waals surface area contributed by atoms with E-state index in [0.29, 0.717) is 12.1 Å². The molecule has 0 spiro atoms. The molecule has 0 radical (unpaired) electrons. The Hall–Kier alpha value is -3.09. The van der Waals surface area contributed by atoms with Gasteiger partial charge in [-0.25, -0.2) is 0 Å². The van der Waals surface area contributed by atoms with E-state index < -0.39 is 0 Å². The van der Waals surface area contributed by atoms with E-state index in [1.807, 2.05) is 17.0 Å². The predicted octanol–water partition coefficient (Wildman–Crippen LogP) is 1.94. The molecule has 0 unspecified atom stereocenters. The first-order valence-corrected chi connectivity index (χ1v) is 9.01. The lowest BCUT2D eigenvalue weighted by atomic mass is 10.1. The smallest absolute Gasteiger partial charge is 0.268 e. The van der Waals surface area contributed by atoms with Crippen LogP contribution in [0.5, 0.6) is 5.75 Å². The summed E-state index contributed by atoms with van der Waals surface area (Å²) in [4.78, 5) is 41.0. The van der Waals surface area contributed by atoms with Gasteiger partial charge in [-0.15, -0.1) is 0 Å². The number of nitrogens with one attached hydrogen (secondary N) is 2. The van der Waals surface area contributed by atoms with E-state index in [1.54, 1.807) is 12.1 Å². The Labute approximate surface area is 157 Å². The number of amides is 2. The van der Waals surface area contributed by atoms with Crippen LogP contribution in [0.4, 0.5) is 0 Å². The van der Waals surface area contributed by atoms with Crippen LogP contribution < -0.4 is 15.5 Å². The standard InChI is InChI=1S/C20H23N3O4/c1-27-18-13-21-16(11-17(18)24)19(25)22-12-14-5-7-15(8-6-14)20(26)23-9-3-2-4-10-23/h5-8,11,13H,2-4,9-10,12H2,1H3,(H,21,24)(H,22,25). The van der Waals surface area contributed by atoms with Gasteiger partial charge in [-0.2, -0.15) is 0 Å². The third-order valence-electron chi connectivity index (χ3n) is 4.64. The molecular weight excluding hydrogens is 346 g/mol. The molecule has 0 saturated carbocycles. The van der Waals surface area contributed by atoms with Gasteiger partial charge in [0.2, 0.25) is 5.43 Å². The van der Waals surface area contributed by atoms with Gasteiger partial charge in [0.1, 0.15) is 5.69 Å². The molecule has 2 N–H and O–H groups in total.